The number of aliphatic imine (C=N–C) groups is 2. The van der Waals surface area contributed by atoms with Crippen molar-refractivity contribution in [2.75, 3.05) is 0 Å². The van der Waals surface area contributed by atoms with Crippen LogP contribution in [-0.4, -0.2) is 31.5 Å². The maximum absolute atomic E-state index is 5.57. The third-order valence-corrected chi connectivity index (χ3v) is 13.7. The van der Waals surface area contributed by atoms with Crippen LogP contribution < -0.4 is 0 Å². The molecule has 13 aromatic rings. The Labute approximate surface area is 396 Å². The average Bonchev–Trinajstić information content (AvgIpc) is 3.64. The lowest BCUT2D eigenvalue weighted by Crippen LogP contribution is -2.06. The van der Waals surface area contributed by atoms with E-state index in [1.54, 1.807) is 24.8 Å². The topological polar surface area (TPSA) is 76.3 Å². The zero-order chi connectivity index (χ0) is 45.4. The number of allylic oxidation sites excluding steroid dienone is 1. The molecule has 0 saturated heterocycles. The molecule has 0 spiro atoms. The van der Waals surface area contributed by atoms with Crippen LogP contribution in [0.25, 0.3) is 115 Å². The van der Waals surface area contributed by atoms with Gasteiger partial charge in [-0.3, -0.25) is 19.9 Å². The Morgan fingerprint density at radius 3 is 1.13 bits per heavy atom. The van der Waals surface area contributed by atoms with E-state index in [4.69, 9.17) is 9.98 Å². The van der Waals surface area contributed by atoms with Crippen molar-refractivity contribution in [1.82, 2.24) is 19.9 Å². The molecule has 14 rings (SSSR count). The summed E-state index contributed by atoms with van der Waals surface area (Å²) in [6, 6.07) is 68.3. The summed E-state index contributed by atoms with van der Waals surface area (Å²) in [6.07, 6.45) is 9.74. The lowest BCUT2D eigenvalue weighted by molar-refractivity contribution is 1.30. The maximum Gasteiger partial charge on any atom is 0.160 e. The first-order valence-electron chi connectivity index (χ1n) is 23.2. The van der Waals surface area contributed by atoms with Gasteiger partial charge in [-0.25, -0.2) is 9.98 Å². The van der Waals surface area contributed by atoms with Crippen LogP contribution in [0.15, 0.2) is 229 Å². The lowest BCUT2D eigenvalue weighted by Gasteiger charge is -2.14. The van der Waals surface area contributed by atoms with Crippen molar-refractivity contribution >= 4 is 104 Å². The summed E-state index contributed by atoms with van der Waals surface area (Å²) in [5, 5.41) is 14.1. The molecule has 1 aliphatic rings. The van der Waals surface area contributed by atoms with Crippen molar-refractivity contribution in [2.24, 2.45) is 9.98 Å². The van der Waals surface area contributed by atoms with Crippen LogP contribution in [0.1, 0.15) is 23.1 Å². The fourth-order valence-corrected chi connectivity index (χ4v) is 10.1. The standard InChI is InChI=1S/C63H38N6/c1-3-7-40-25-50-27-44(11-9-42(50)23-38(40)5-1)52-31-53(45-12-10-43-24-39-6-2-4-8-41(39)26-51(43)28-45)33-56(32-52)58-18-17-57(48-15-13-46-34-59-61(36-54(46)29-48)66-21-19-64-59)68-63(69-58)49-16-14-47-35-60-62(37-55(47)30-49)67-22-20-65-60/h1-17,19-37H,18H2. The molecule has 1 aliphatic heterocycles. The van der Waals surface area contributed by atoms with E-state index in [1.807, 2.05) is 0 Å². The van der Waals surface area contributed by atoms with Crippen molar-refractivity contribution in [1.29, 1.82) is 0 Å². The quantitative estimate of drug-likeness (QED) is 0.161. The molecular formula is C63H38N6. The summed E-state index contributed by atoms with van der Waals surface area (Å²) in [4.78, 5) is 29.4. The first-order chi connectivity index (χ1) is 34.1. The monoisotopic (exact) mass is 878 g/mol. The molecule has 0 amide bonds. The number of benzene rings is 11. The van der Waals surface area contributed by atoms with Gasteiger partial charge in [0.05, 0.1) is 33.5 Å². The first kappa shape index (κ1) is 39.0. The van der Waals surface area contributed by atoms with Crippen LogP contribution in [0.2, 0.25) is 0 Å². The smallest absolute Gasteiger partial charge is 0.160 e. The fraction of sp³-hybridized carbons (Fsp3) is 0.0159. The van der Waals surface area contributed by atoms with E-state index in [0.717, 1.165) is 94.0 Å². The maximum atomic E-state index is 5.57. The van der Waals surface area contributed by atoms with Gasteiger partial charge < -0.3 is 0 Å². The van der Waals surface area contributed by atoms with E-state index in [1.165, 1.54) is 43.1 Å². The average molecular weight is 879 g/mol. The normalized spacial score (nSPS) is 13.1. The number of fused-ring (bicyclic) bond motifs is 8. The molecule has 320 valence electrons. The van der Waals surface area contributed by atoms with E-state index in [-0.39, 0.29) is 0 Å². The number of hydrogen-bond acceptors (Lipinski definition) is 6. The molecule has 0 aliphatic carbocycles. The molecule has 0 unspecified atom stereocenters. The van der Waals surface area contributed by atoms with E-state index in [0.29, 0.717) is 12.3 Å². The Morgan fingerprint density at radius 1 is 0.261 bits per heavy atom. The van der Waals surface area contributed by atoms with E-state index < -0.39 is 0 Å². The molecule has 0 N–H and O–H groups in total. The Morgan fingerprint density at radius 2 is 0.623 bits per heavy atom. The van der Waals surface area contributed by atoms with Gasteiger partial charge in [0.2, 0.25) is 0 Å². The molecular weight excluding hydrogens is 841 g/mol. The van der Waals surface area contributed by atoms with Crippen LogP contribution in [0.4, 0.5) is 0 Å². The minimum absolute atomic E-state index is 0.563. The Hall–Kier alpha value is -9.26. The van der Waals surface area contributed by atoms with Crippen LogP contribution >= 0.6 is 0 Å². The molecule has 3 heterocycles. The molecule has 11 aromatic carbocycles. The molecule has 6 heteroatoms. The highest BCUT2D eigenvalue weighted by molar-refractivity contribution is 6.17. The van der Waals surface area contributed by atoms with Crippen molar-refractivity contribution in [3.05, 3.63) is 236 Å². The third-order valence-electron chi connectivity index (χ3n) is 13.7. The lowest BCUT2D eigenvalue weighted by atomic mass is 9.91. The number of rotatable bonds is 5. The Balaban J connectivity index is 0.956. The fourth-order valence-electron chi connectivity index (χ4n) is 10.1. The summed E-state index contributed by atoms with van der Waals surface area (Å²) >= 11 is 0. The highest BCUT2D eigenvalue weighted by Gasteiger charge is 2.18. The summed E-state index contributed by atoms with van der Waals surface area (Å²) < 4.78 is 0. The van der Waals surface area contributed by atoms with Gasteiger partial charge in [-0.2, -0.15) is 0 Å². The largest absolute Gasteiger partial charge is 0.253 e. The molecule has 0 radical (unpaired) electrons. The minimum atomic E-state index is 0.563. The second kappa shape index (κ2) is 15.7. The van der Waals surface area contributed by atoms with Gasteiger partial charge in [0.1, 0.15) is 0 Å². The highest BCUT2D eigenvalue weighted by atomic mass is 14.9. The summed E-state index contributed by atoms with van der Waals surface area (Å²) in [5.74, 6) is 0.640. The molecule has 0 atom stereocenters. The van der Waals surface area contributed by atoms with E-state index >= 15 is 0 Å². The van der Waals surface area contributed by atoms with Crippen molar-refractivity contribution in [2.45, 2.75) is 6.42 Å². The number of hydrogen-bond donors (Lipinski definition) is 0. The zero-order valence-corrected chi connectivity index (χ0v) is 37.2. The number of aromatic nitrogens is 4. The highest BCUT2D eigenvalue weighted by Crippen LogP contribution is 2.36. The molecule has 69 heavy (non-hydrogen) atoms. The minimum Gasteiger partial charge on any atom is -0.253 e. The summed E-state index contributed by atoms with van der Waals surface area (Å²) in [5.41, 5.74) is 12.7. The van der Waals surface area contributed by atoms with Crippen LogP contribution in [-0.2, 0) is 0 Å². The first-order valence-corrected chi connectivity index (χ1v) is 23.2. The summed E-state index contributed by atoms with van der Waals surface area (Å²) in [6.45, 7) is 0. The van der Waals surface area contributed by atoms with Gasteiger partial charge in [-0.15, -0.1) is 0 Å². The molecule has 0 saturated carbocycles. The zero-order valence-electron chi connectivity index (χ0n) is 37.2. The van der Waals surface area contributed by atoms with Gasteiger partial charge in [-0.1, -0.05) is 103 Å². The number of nitrogens with zero attached hydrogens (tertiary/aromatic N) is 6. The van der Waals surface area contributed by atoms with Crippen molar-refractivity contribution < 1.29 is 0 Å². The second-order valence-corrected chi connectivity index (χ2v) is 18.0. The van der Waals surface area contributed by atoms with Crippen molar-refractivity contribution in [3.8, 4) is 22.3 Å². The van der Waals surface area contributed by atoms with E-state index in [9.17, 15) is 0 Å². The SMILES string of the molecule is C1=C(c2ccc3cc4nccnc4cc3c2)N=C(c2ccc3cc4nccnc4cc3c2)N=C(c2cc(-c3ccc4cc5ccccc5cc4c3)cc(-c3ccc4cc5ccccc5cc4c3)c2)C1. The number of amidine groups is 1. The van der Waals surface area contributed by atoms with Gasteiger partial charge in [0.25, 0.3) is 0 Å². The van der Waals surface area contributed by atoms with Crippen molar-refractivity contribution in [3.63, 3.8) is 0 Å². The van der Waals surface area contributed by atoms with Gasteiger partial charge in [0, 0.05) is 42.3 Å². The van der Waals surface area contributed by atoms with Gasteiger partial charge in [0.15, 0.2) is 5.84 Å². The third kappa shape index (κ3) is 7.05. The predicted octanol–water partition coefficient (Wildman–Crippen LogP) is 15.5. The van der Waals surface area contributed by atoms with E-state index in [2.05, 4.69) is 214 Å². The molecule has 0 bridgehead atoms. The molecule has 2 aromatic heterocycles. The second-order valence-electron chi connectivity index (χ2n) is 18.0. The molecule has 6 nitrogen and oxygen atoms in total. The molecule has 0 fully saturated rings. The van der Waals surface area contributed by atoms with Crippen LogP contribution in [0.3, 0.4) is 0 Å². The van der Waals surface area contributed by atoms with Gasteiger partial charge >= 0.3 is 0 Å². The summed E-state index contributed by atoms with van der Waals surface area (Å²) in [7, 11) is 0. The Bertz CT molecular complexity index is 4280. The van der Waals surface area contributed by atoms with Crippen LogP contribution in [0, 0.1) is 0 Å². The Kier molecular flexibility index (Phi) is 8.86. The van der Waals surface area contributed by atoms with Gasteiger partial charge in [-0.05, 0) is 183 Å². The predicted molar refractivity (Wildman–Crippen MR) is 287 cm³/mol. The van der Waals surface area contributed by atoms with Crippen LogP contribution in [0.5, 0.6) is 0 Å².